The van der Waals surface area contributed by atoms with Crippen molar-refractivity contribution in [1.29, 1.82) is 0 Å². The second-order valence-electron chi connectivity index (χ2n) is 5.03. The molecule has 1 aromatic rings. The van der Waals surface area contributed by atoms with E-state index < -0.39 is 0 Å². The molecule has 96 valence electrons. The summed E-state index contributed by atoms with van der Waals surface area (Å²) in [5.41, 5.74) is 8.02. The van der Waals surface area contributed by atoms with Gasteiger partial charge in [-0.25, -0.2) is 4.68 Å². The number of anilines is 2. The van der Waals surface area contributed by atoms with Crippen LogP contribution in [0.2, 0.25) is 0 Å². The van der Waals surface area contributed by atoms with Gasteiger partial charge in [0.15, 0.2) is 5.82 Å². The van der Waals surface area contributed by atoms with Crippen molar-refractivity contribution < 1.29 is 0 Å². The molecule has 1 unspecified atom stereocenters. The molecule has 1 atom stereocenters. The Hall–Kier alpha value is -1.19. The lowest BCUT2D eigenvalue weighted by molar-refractivity contribution is 0.575. The maximum absolute atomic E-state index is 6.20. The van der Waals surface area contributed by atoms with Gasteiger partial charge in [-0.1, -0.05) is 12.8 Å². The molecule has 4 heteroatoms. The van der Waals surface area contributed by atoms with E-state index in [4.69, 9.17) is 5.73 Å². The lowest BCUT2D eigenvalue weighted by Gasteiger charge is -2.30. The van der Waals surface area contributed by atoms with Crippen LogP contribution in [0.5, 0.6) is 0 Å². The number of aryl methyl sites for hydroxylation is 2. The molecule has 1 fully saturated rings. The van der Waals surface area contributed by atoms with Crippen molar-refractivity contribution in [3.8, 4) is 0 Å². The van der Waals surface area contributed by atoms with Crippen LogP contribution in [-0.4, -0.2) is 22.4 Å². The Kier molecular flexibility index (Phi) is 3.60. The number of aromatic nitrogens is 2. The zero-order valence-electron chi connectivity index (χ0n) is 11.2. The van der Waals surface area contributed by atoms with Crippen LogP contribution in [0.3, 0.4) is 0 Å². The fourth-order valence-electron chi connectivity index (χ4n) is 2.70. The quantitative estimate of drug-likeness (QED) is 0.858. The first kappa shape index (κ1) is 12.3. The first-order chi connectivity index (χ1) is 8.15. The number of rotatable bonds is 2. The fourth-order valence-corrected chi connectivity index (χ4v) is 2.70. The molecule has 1 saturated heterocycles. The summed E-state index contributed by atoms with van der Waals surface area (Å²) in [5, 5.41) is 4.52. The fraction of sp³-hybridized carbons (Fsp3) is 0.769. The summed E-state index contributed by atoms with van der Waals surface area (Å²) < 4.78 is 2.05. The van der Waals surface area contributed by atoms with Crippen LogP contribution in [0.25, 0.3) is 0 Å². The molecule has 2 heterocycles. The van der Waals surface area contributed by atoms with E-state index in [9.17, 15) is 0 Å². The molecule has 0 aliphatic carbocycles. The maximum Gasteiger partial charge on any atom is 0.150 e. The standard InChI is InChI=1S/C13H24N4/c1-4-17-13(12(14)11(3)15-17)16-9-7-5-6-8-10(16)2/h10H,4-9,14H2,1-3H3. The van der Waals surface area contributed by atoms with E-state index in [1.807, 2.05) is 11.6 Å². The van der Waals surface area contributed by atoms with E-state index in [-0.39, 0.29) is 0 Å². The number of nitrogens with two attached hydrogens (primary N) is 1. The van der Waals surface area contributed by atoms with E-state index in [0.29, 0.717) is 6.04 Å². The van der Waals surface area contributed by atoms with Gasteiger partial charge >= 0.3 is 0 Å². The lowest BCUT2D eigenvalue weighted by atomic mass is 10.1. The highest BCUT2D eigenvalue weighted by Gasteiger charge is 2.23. The van der Waals surface area contributed by atoms with Crippen molar-refractivity contribution in [2.75, 3.05) is 17.2 Å². The van der Waals surface area contributed by atoms with Gasteiger partial charge in [0.2, 0.25) is 0 Å². The largest absolute Gasteiger partial charge is 0.394 e. The van der Waals surface area contributed by atoms with Crippen LogP contribution < -0.4 is 10.6 Å². The van der Waals surface area contributed by atoms with Crippen LogP contribution in [0, 0.1) is 6.92 Å². The van der Waals surface area contributed by atoms with Crippen LogP contribution in [-0.2, 0) is 6.54 Å². The highest BCUT2D eigenvalue weighted by atomic mass is 15.4. The van der Waals surface area contributed by atoms with Gasteiger partial charge in [0.1, 0.15) is 0 Å². The van der Waals surface area contributed by atoms with E-state index in [2.05, 4.69) is 23.8 Å². The van der Waals surface area contributed by atoms with Crippen molar-refractivity contribution in [3.63, 3.8) is 0 Å². The zero-order valence-corrected chi connectivity index (χ0v) is 11.2. The summed E-state index contributed by atoms with van der Waals surface area (Å²) in [5.74, 6) is 1.14. The molecule has 17 heavy (non-hydrogen) atoms. The molecule has 0 radical (unpaired) electrons. The Morgan fingerprint density at radius 3 is 2.82 bits per heavy atom. The summed E-state index contributed by atoms with van der Waals surface area (Å²) in [6.07, 6.45) is 5.18. The molecule has 2 rings (SSSR count). The van der Waals surface area contributed by atoms with Crippen molar-refractivity contribution in [1.82, 2.24) is 9.78 Å². The maximum atomic E-state index is 6.20. The molecule has 1 aliphatic rings. The zero-order chi connectivity index (χ0) is 12.4. The average molecular weight is 236 g/mol. The normalized spacial score (nSPS) is 21.6. The summed E-state index contributed by atoms with van der Waals surface area (Å²) in [7, 11) is 0. The summed E-state index contributed by atoms with van der Waals surface area (Å²) in [6.45, 7) is 8.41. The minimum atomic E-state index is 0.571. The number of hydrogen-bond acceptors (Lipinski definition) is 3. The molecular formula is C13H24N4. The number of nitrogens with zero attached hydrogens (tertiary/aromatic N) is 3. The van der Waals surface area contributed by atoms with Gasteiger partial charge in [0.25, 0.3) is 0 Å². The predicted octanol–water partition coefficient (Wildman–Crippen LogP) is 2.56. The van der Waals surface area contributed by atoms with Gasteiger partial charge in [-0.05, 0) is 33.6 Å². The highest BCUT2D eigenvalue weighted by Crippen LogP contribution is 2.31. The van der Waals surface area contributed by atoms with Crippen LogP contribution in [0.4, 0.5) is 11.5 Å². The lowest BCUT2D eigenvalue weighted by Crippen LogP contribution is -2.34. The Labute approximate surface area is 104 Å². The molecule has 0 spiro atoms. The first-order valence-electron chi connectivity index (χ1n) is 6.74. The summed E-state index contributed by atoms with van der Waals surface area (Å²) in [6, 6.07) is 0.571. The third kappa shape index (κ3) is 2.26. The summed E-state index contributed by atoms with van der Waals surface area (Å²) >= 11 is 0. The molecule has 2 N–H and O–H groups in total. The second-order valence-corrected chi connectivity index (χ2v) is 5.03. The highest BCUT2D eigenvalue weighted by molar-refractivity contribution is 5.66. The Bertz CT molecular complexity index is 383. The monoisotopic (exact) mass is 236 g/mol. The minimum absolute atomic E-state index is 0.571. The smallest absolute Gasteiger partial charge is 0.150 e. The first-order valence-corrected chi connectivity index (χ1v) is 6.74. The van der Waals surface area contributed by atoms with Crippen LogP contribution >= 0.6 is 0 Å². The van der Waals surface area contributed by atoms with E-state index >= 15 is 0 Å². The molecule has 4 nitrogen and oxygen atoms in total. The molecule has 0 saturated carbocycles. The van der Waals surface area contributed by atoms with Gasteiger partial charge in [-0.2, -0.15) is 5.10 Å². The summed E-state index contributed by atoms with van der Waals surface area (Å²) in [4.78, 5) is 2.45. The molecule has 1 aromatic heterocycles. The third-order valence-corrected chi connectivity index (χ3v) is 3.77. The number of hydrogen-bond donors (Lipinski definition) is 1. The SMILES string of the molecule is CCn1nc(C)c(N)c1N1CCCCCC1C. The van der Waals surface area contributed by atoms with E-state index in [1.165, 1.54) is 25.7 Å². The number of nitrogen functional groups attached to an aromatic ring is 1. The Morgan fingerprint density at radius 2 is 2.12 bits per heavy atom. The molecule has 0 bridgehead atoms. The van der Waals surface area contributed by atoms with Crippen molar-refractivity contribution >= 4 is 11.5 Å². The van der Waals surface area contributed by atoms with Crippen molar-refractivity contribution in [2.24, 2.45) is 0 Å². The molecular weight excluding hydrogens is 212 g/mol. The molecule has 0 amide bonds. The van der Waals surface area contributed by atoms with Crippen LogP contribution in [0.15, 0.2) is 0 Å². The van der Waals surface area contributed by atoms with E-state index in [0.717, 1.165) is 30.3 Å². The molecule has 1 aliphatic heterocycles. The van der Waals surface area contributed by atoms with Crippen LogP contribution in [0.1, 0.15) is 45.2 Å². The second kappa shape index (κ2) is 4.98. The third-order valence-electron chi connectivity index (χ3n) is 3.77. The van der Waals surface area contributed by atoms with E-state index in [1.54, 1.807) is 0 Å². The average Bonchev–Trinajstić information content (AvgIpc) is 2.50. The topological polar surface area (TPSA) is 47.1 Å². The predicted molar refractivity (Wildman–Crippen MR) is 72.3 cm³/mol. The molecule has 0 aromatic carbocycles. The van der Waals surface area contributed by atoms with Gasteiger partial charge in [-0.3, -0.25) is 0 Å². The minimum Gasteiger partial charge on any atom is -0.394 e. The van der Waals surface area contributed by atoms with Gasteiger partial charge < -0.3 is 10.6 Å². The Balaban J connectivity index is 2.36. The van der Waals surface area contributed by atoms with Gasteiger partial charge in [-0.15, -0.1) is 0 Å². The Morgan fingerprint density at radius 1 is 1.35 bits per heavy atom. The van der Waals surface area contributed by atoms with Gasteiger partial charge in [0, 0.05) is 19.1 Å². The van der Waals surface area contributed by atoms with Crippen molar-refractivity contribution in [3.05, 3.63) is 5.69 Å². The van der Waals surface area contributed by atoms with Crippen molar-refractivity contribution in [2.45, 2.75) is 59.0 Å². The van der Waals surface area contributed by atoms with Gasteiger partial charge in [0.05, 0.1) is 11.4 Å².